The molecule has 7 heteroatoms. The Morgan fingerprint density at radius 3 is 1.42 bits per heavy atom. The molecule has 0 aliphatic heterocycles. The minimum Gasteiger partial charge on any atom is -0.418 e. The molecule has 138 valence electrons. The SMILES string of the molecule is CCO[Si](C)(C)CCc1c(F)c(F)c(CC[Si](C)(C)C)c(F)c1F. The Morgan fingerprint density at radius 2 is 1.08 bits per heavy atom. The van der Waals surface area contributed by atoms with Gasteiger partial charge in [-0.05, 0) is 38.9 Å². The van der Waals surface area contributed by atoms with Gasteiger partial charge in [0, 0.05) is 25.8 Å². The lowest BCUT2D eigenvalue weighted by Gasteiger charge is -2.22. The second-order valence-corrected chi connectivity index (χ2v) is 17.9. The van der Waals surface area contributed by atoms with Crippen LogP contribution >= 0.6 is 0 Å². The summed E-state index contributed by atoms with van der Waals surface area (Å²) in [5.41, 5.74) is -0.959. The van der Waals surface area contributed by atoms with E-state index >= 15 is 0 Å². The summed E-state index contributed by atoms with van der Waals surface area (Å²) in [6.07, 6.45) is -0.0280. The fraction of sp³-hybridized carbons (Fsp3) is 0.647. The Kier molecular flexibility index (Phi) is 7.25. The second kappa shape index (κ2) is 8.14. The molecule has 1 aromatic rings. The van der Waals surface area contributed by atoms with Crippen LogP contribution < -0.4 is 0 Å². The molecule has 0 saturated carbocycles. The quantitative estimate of drug-likeness (QED) is 0.309. The lowest BCUT2D eigenvalue weighted by Crippen LogP contribution is -2.31. The van der Waals surface area contributed by atoms with Crippen LogP contribution in [0.5, 0.6) is 0 Å². The predicted molar refractivity (Wildman–Crippen MR) is 95.8 cm³/mol. The number of rotatable bonds is 8. The molecule has 0 heterocycles. The number of hydrogen-bond donors (Lipinski definition) is 0. The Labute approximate surface area is 144 Å². The highest BCUT2D eigenvalue weighted by atomic mass is 28.4. The summed E-state index contributed by atoms with van der Waals surface area (Å²) in [5, 5.41) is 0. The van der Waals surface area contributed by atoms with E-state index in [4.69, 9.17) is 4.43 Å². The zero-order valence-corrected chi connectivity index (χ0v) is 17.5. The average Bonchev–Trinajstić information content (AvgIpc) is 2.44. The number of hydrogen-bond acceptors (Lipinski definition) is 1. The summed E-state index contributed by atoms with van der Waals surface area (Å²) in [7, 11) is -3.67. The van der Waals surface area contributed by atoms with Crippen molar-refractivity contribution in [1.82, 2.24) is 0 Å². The van der Waals surface area contributed by atoms with Gasteiger partial charge in [0.15, 0.2) is 31.6 Å². The van der Waals surface area contributed by atoms with E-state index in [1.54, 1.807) is 0 Å². The van der Waals surface area contributed by atoms with Crippen molar-refractivity contribution in [2.45, 2.75) is 64.6 Å². The van der Waals surface area contributed by atoms with Crippen molar-refractivity contribution < 1.29 is 22.0 Å². The zero-order chi connectivity index (χ0) is 18.7. The molecule has 0 spiro atoms. The molecule has 1 nitrogen and oxygen atoms in total. The van der Waals surface area contributed by atoms with Crippen LogP contribution in [-0.2, 0) is 17.3 Å². The summed E-state index contributed by atoms with van der Waals surface area (Å²) < 4.78 is 62.7. The summed E-state index contributed by atoms with van der Waals surface area (Å²) in [4.78, 5) is 0. The Balaban J connectivity index is 3.09. The van der Waals surface area contributed by atoms with Crippen LogP contribution in [0.15, 0.2) is 0 Å². The van der Waals surface area contributed by atoms with E-state index in [-0.39, 0.29) is 12.8 Å². The first-order valence-corrected chi connectivity index (χ1v) is 15.2. The monoisotopic (exact) mass is 380 g/mol. The van der Waals surface area contributed by atoms with Crippen molar-refractivity contribution in [2.24, 2.45) is 0 Å². The van der Waals surface area contributed by atoms with E-state index in [1.807, 2.05) is 39.7 Å². The van der Waals surface area contributed by atoms with Gasteiger partial charge < -0.3 is 4.43 Å². The molecule has 1 aromatic carbocycles. The summed E-state index contributed by atoms with van der Waals surface area (Å²) in [5.74, 6) is -4.97. The maximum atomic E-state index is 14.3. The molecule has 0 unspecified atom stereocenters. The minimum atomic E-state index is -2.09. The summed E-state index contributed by atoms with van der Waals surface area (Å²) in [6, 6.07) is 0.977. The highest BCUT2D eigenvalue weighted by molar-refractivity contribution is 6.76. The molecule has 0 amide bonds. The van der Waals surface area contributed by atoms with Crippen LogP contribution in [0.2, 0.25) is 44.8 Å². The van der Waals surface area contributed by atoms with Crippen LogP contribution in [0.3, 0.4) is 0 Å². The van der Waals surface area contributed by atoms with Gasteiger partial charge in [0.2, 0.25) is 0 Å². The Bertz CT molecular complexity index is 554. The molecule has 1 rings (SSSR count). The Hall–Kier alpha value is -0.666. The van der Waals surface area contributed by atoms with E-state index in [1.165, 1.54) is 0 Å². The van der Waals surface area contributed by atoms with Gasteiger partial charge in [-0.3, -0.25) is 0 Å². The van der Waals surface area contributed by atoms with Gasteiger partial charge in [0.25, 0.3) is 0 Å². The first-order chi connectivity index (χ1) is 10.9. The van der Waals surface area contributed by atoms with Crippen molar-refractivity contribution in [1.29, 1.82) is 0 Å². The summed E-state index contributed by atoms with van der Waals surface area (Å²) in [6.45, 7) is 12.3. The molecule has 0 aliphatic carbocycles. The molecule has 0 N–H and O–H groups in total. The molecule has 24 heavy (non-hydrogen) atoms. The molecule has 0 radical (unpaired) electrons. The third-order valence-electron chi connectivity index (χ3n) is 4.08. The van der Waals surface area contributed by atoms with Crippen molar-refractivity contribution >= 4 is 16.4 Å². The highest BCUT2D eigenvalue weighted by Crippen LogP contribution is 2.29. The summed E-state index contributed by atoms with van der Waals surface area (Å²) >= 11 is 0. The highest BCUT2D eigenvalue weighted by Gasteiger charge is 2.29. The topological polar surface area (TPSA) is 9.23 Å². The largest absolute Gasteiger partial charge is 0.418 e. The molecule has 0 aromatic heterocycles. The fourth-order valence-corrected chi connectivity index (χ4v) is 5.33. The first kappa shape index (κ1) is 21.4. The van der Waals surface area contributed by atoms with E-state index in [9.17, 15) is 17.6 Å². The van der Waals surface area contributed by atoms with Gasteiger partial charge in [-0.1, -0.05) is 25.7 Å². The molecular weight excluding hydrogens is 352 g/mol. The van der Waals surface area contributed by atoms with Crippen LogP contribution in [0, 0.1) is 23.3 Å². The maximum Gasteiger partial charge on any atom is 0.187 e. The molecule has 0 saturated heterocycles. The van der Waals surface area contributed by atoms with Crippen molar-refractivity contribution in [3.63, 3.8) is 0 Å². The van der Waals surface area contributed by atoms with E-state index in [0.29, 0.717) is 18.7 Å². The molecule has 0 atom stereocenters. The zero-order valence-electron chi connectivity index (χ0n) is 15.5. The second-order valence-electron chi connectivity index (χ2n) is 7.97. The van der Waals surface area contributed by atoms with E-state index in [2.05, 4.69) is 0 Å². The average molecular weight is 381 g/mol. The molecule has 0 aliphatic rings. The molecule has 0 bridgehead atoms. The maximum absolute atomic E-state index is 14.3. The van der Waals surface area contributed by atoms with Crippen molar-refractivity contribution in [3.05, 3.63) is 34.4 Å². The smallest absolute Gasteiger partial charge is 0.187 e. The molecular formula is C17H28F4OSi2. The van der Waals surface area contributed by atoms with Crippen molar-refractivity contribution in [3.8, 4) is 0 Å². The van der Waals surface area contributed by atoms with Gasteiger partial charge in [-0.2, -0.15) is 0 Å². The normalized spacial score (nSPS) is 12.8. The van der Waals surface area contributed by atoms with E-state index < -0.39 is 50.8 Å². The van der Waals surface area contributed by atoms with Gasteiger partial charge in [-0.25, -0.2) is 17.6 Å². The van der Waals surface area contributed by atoms with Crippen molar-refractivity contribution in [2.75, 3.05) is 6.61 Å². The lowest BCUT2D eigenvalue weighted by molar-refractivity contribution is 0.328. The minimum absolute atomic E-state index is 0.0285. The van der Waals surface area contributed by atoms with Crippen LogP contribution in [0.1, 0.15) is 18.1 Å². The molecule has 0 fully saturated rings. The van der Waals surface area contributed by atoms with Gasteiger partial charge in [0.1, 0.15) is 0 Å². The van der Waals surface area contributed by atoms with E-state index in [0.717, 1.165) is 0 Å². The predicted octanol–water partition coefficient (Wildman–Crippen LogP) is 5.91. The van der Waals surface area contributed by atoms with Crippen LogP contribution in [-0.4, -0.2) is 23.0 Å². The third kappa shape index (κ3) is 5.70. The third-order valence-corrected chi connectivity index (χ3v) is 8.36. The van der Waals surface area contributed by atoms with Gasteiger partial charge in [-0.15, -0.1) is 0 Å². The lowest BCUT2D eigenvalue weighted by atomic mass is 10.0. The first-order valence-electron chi connectivity index (χ1n) is 8.37. The van der Waals surface area contributed by atoms with Crippen LogP contribution in [0.4, 0.5) is 17.6 Å². The van der Waals surface area contributed by atoms with Gasteiger partial charge in [0.05, 0.1) is 0 Å². The standard InChI is InChI=1S/C17H28F4OSi2/c1-7-22-24(5,6)11-9-13-16(20)14(18)12(15(19)17(13)21)8-10-23(2,3)4/h7-11H2,1-6H3. The number of benzene rings is 1. The fourth-order valence-electron chi connectivity index (χ4n) is 2.55. The van der Waals surface area contributed by atoms with Crippen LogP contribution in [0.25, 0.3) is 0 Å². The number of halogens is 4. The van der Waals surface area contributed by atoms with Gasteiger partial charge >= 0.3 is 0 Å². The Morgan fingerprint density at radius 1 is 0.708 bits per heavy atom.